The summed E-state index contributed by atoms with van der Waals surface area (Å²) in [5.74, 6) is -0.329. The van der Waals surface area contributed by atoms with E-state index in [0.717, 1.165) is 10.1 Å². The van der Waals surface area contributed by atoms with Crippen molar-refractivity contribution in [2.45, 2.75) is 44.9 Å². The van der Waals surface area contributed by atoms with Crippen LogP contribution in [-0.2, 0) is 20.8 Å². The first kappa shape index (κ1) is 16.6. The molecule has 8 heteroatoms. The second kappa shape index (κ2) is 6.14. The SMILES string of the molecule is CC(=O)O[C@H]1[C@@H]2Oc3cc(=O)n(Cc4ccccc4)c(=O)n3[C@@H]2O[C@@H]1C. The maximum Gasteiger partial charge on any atom is 0.336 e. The summed E-state index contributed by atoms with van der Waals surface area (Å²) in [6.07, 6.45) is -2.47. The van der Waals surface area contributed by atoms with Crippen LogP contribution in [0.2, 0.25) is 0 Å². The van der Waals surface area contributed by atoms with Crippen LogP contribution >= 0.6 is 0 Å². The lowest BCUT2D eigenvalue weighted by Crippen LogP contribution is -2.40. The van der Waals surface area contributed by atoms with Crippen LogP contribution in [0.3, 0.4) is 0 Å². The number of fused-ring (bicyclic) bond motifs is 3. The molecule has 0 aliphatic carbocycles. The highest BCUT2D eigenvalue weighted by Gasteiger charge is 2.52. The van der Waals surface area contributed by atoms with Crippen LogP contribution in [-0.4, -0.2) is 33.4 Å². The lowest BCUT2D eigenvalue weighted by molar-refractivity contribution is -0.151. The molecule has 1 aromatic carbocycles. The number of carbonyl (C=O) groups is 1. The van der Waals surface area contributed by atoms with E-state index in [9.17, 15) is 14.4 Å². The minimum Gasteiger partial charge on any atom is -0.466 e. The number of rotatable bonds is 3. The Hall–Kier alpha value is -2.87. The van der Waals surface area contributed by atoms with Gasteiger partial charge in [-0.2, -0.15) is 0 Å². The molecule has 3 heterocycles. The number of benzene rings is 1. The van der Waals surface area contributed by atoms with E-state index in [2.05, 4.69) is 0 Å². The van der Waals surface area contributed by atoms with Crippen LogP contribution < -0.4 is 16.0 Å². The van der Waals surface area contributed by atoms with Crippen molar-refractivity contribution in [2.24, 2.45) is 0 Å². The quantitative estimate of drug-likeness (QED) is 0.750. The molecular formula is C18H18N2O6. The van der Waals surface area contributed by atoms with E-state index in [1.807, 2.05) is 30.3 Å². The molecule has 0 N–H and O–H groups in total. The highest BCUT2D eigenvalue weighted by atomic mass is 16.6. The van der Waals surface area contributed by atoms with Gasteiger partial charge < -0.3 is 14.2 Å². The van der Waals surface area contributed by atoms with Gasteiger partial charge in [0.05, 0.1) is 18.7 Å². The van der Waals surface area contributed by atoms with Crippen LogP contribution in [0.15, 0.2) is 46.0 Å². The number of ether oxygens (including phenoxy) is 3. The van der Waals surface area contributed by atoms with E-state index in [0.29, 0.717) is 0 Å². The summed E-state index contributed by atoms with van der Waals surface area (Å²) < 4.78 is 19.3. The zero-order valence-electron chi connectivity index (χ0n) is 14.3. The molecular weight excluding hydrogens is 340 g/mol. The Balaban J connectivity index is 1.72. The summed E-state index contributed by atoms with van der Waals surface area (Å²) in [5.41, 5.74) is -0.136. The average molecular weight is 358 g/mol. The molecule has 0 saturated carbocycles. The van der Waals surface area contributed by atoms with Crippen molar-refractivity contribution in [1.82, 2.24) is 9.13 Å². The topological polar surface area (TPSA) is 88.8 Å². The molecule has 136 valence electrons. The third kappa shape index (κ3) is 2.62. The molecule has 4 rings (SSSR count). The number of hydrogen-bond acceptors (Lipinski definition) is 6. The van der Waals surface area contributed by atoms with Gasteiger partial charge in [-0.25, -0.2) is 9.36 Å². The van der Waals surface area contributed by atoms with Gasteiger partial charge in [-0.3, -0.25) is 14.2 Å². The van der Waals surface area contributed by atoms with Gasteiger partial charge in [0, 0.05) is 6.92 Å². The third-order valence-electron chi connectivity index (χ3n) is 4.61. The molecule has 1 aromatic heterocycles. The first-order valence-corrected chi connectivity index (χ1v) is 8.35. The molecule has 0 radical (unpaired) electrons. The van der Waals surface area contributed by atoms with Gasteiger partial charge in [0.25, 0.3) is 5.56 Å². The summed E-state index contributed by atoms with van der Waals surface area (Å²) in [6, 6.07) is 10.5. The molecule has 26 heavy (non-hydrogen) atoms. The van der Waals surface area contributed by atoms with Crippen molar-refractivity contribution in [2.75, 3.05) is 0 Å². The molecule has 2 aromatic rings. The number of esters is 1. The molecule has 4 atom stereocenters. The van der Waals surface area contributed by atoms with Gasteiger partial charge >= 0.3 is 11.7 Å². The van der Waals surface area contributed by atoms with Crippen molar-refractivity contribution < 1.29 is 19.0 Å². The van der Waals surface area contributed by atoms with Gasteiger partial charge in [0.2, 0.25) is 5.88 Å². The normalized spacial score (nSPS) is 26.1. The number of nitrogens with zero attached hydrogens (tertiary/aromatic N) is 2. The smallest absolute Gasteiger partial charge is 0.336 e. The zero-order valence-corrected chi connectivity index (χ0v) is 14.3. The highest BCUT2D eigenvalue weighted by molar-refractivity contribution is 5.66. The molecule has 8 nitrogen and oxygen atoms in total. The van der Waals surface area contributed by atoms with Crippen LogP contribution in [0.4, 0.5) is 0 Å². The van der Waals surface area contributed by atoms with Crippen molar-refractivity contribution in [3.8, 4) is 5.88 Å². The first-order chi connectivity index (χ1) is 12.5. The number of aromatic nitrogens is 2. The fourth-order valence-corrected chi connectivity index (χ4v) is 3.44. The zero-order chi connectivity index (χ0) is 18.4. The first-order valence-electron chi connectivity index (χ1n) is 8.35. The second-order valence-electron chi connectivity index (χ2n) is 6.43. The van der Waals surface area contributed by atoms with E-state index < -0.39 is 41.8 Å². The van der Waals surface area contributed by atoms with Crippen LogP contribution in [0.25, 0.3) is 0 Å². The van der Waals surface area contributed by atoms with E-state index in [1.165, 1.54) is 17.6 Å². The van der Waals surface area contributed by atoms with Crippen LogP contribution in [0.5, 0.6) is 5.88 Å². The Morgan fingerprint density at radius 3 is 2.65 bits per heavy atom. The van der Waals surface area contributed by atoms with Crippen LogP contribution in [0.1, 0.15) is 25.6 Å². The second-order valence-corrected chi connectivity index (χ2v) is 6.43. The Bertz CT molecular complexity index is 964. The lowest BCUT2D eigenvalue weighted by Gasteiger charge is -2.18. The Morgan fingerprint density at radius 2 is 1.96 bits per heavy atom. The van der Waals surface area contributed by atoms with Crippen molar-refractivity contribution >= 4 is 5.97 Å². The maximum atomic E-state index is 12.9. The van der Waals surface area contributed by atoms with Crippen molar-refractivity contribution in [1.29, 1.82) is 0 Å². The highest BCUT2D eigenvalue weighted by Crippen LogP contribution is 2.39. The minimum atomic E-state index is -0.737. The molecule has 2 aliphatic heterocycles. The van der Waals surface area contributed by atoms with Crippen molar-refractivity contribution in [3.05, 3.63) is 62.8 Å². The molecule has 0 unspecified atom stereocenters. The van der Waals surface area contributed by atoms with E-state index in [1.54, 1.807) is 6.92 Å². The number of hydrogen-bond donors (Lipinski definition) is 0. The minimum absolute atomic E-state index is 0.128. The van der Waals surface area contributed by atoms with Gasteiger partial charge in [0.1, 0.15) is 0 Å². The molecule has 0 spiro atoms. The third-order valence-corrected chi connectivity index (χ3v) is 4.61. The number of carbonyl (C=O) groups excluding carboxylic acids is 1. The van der Waals surface area contributed by atoms with Crippen molar-refractivity contribution in [3.63, 3.8) is 0 Å². The van der Waals surface area contributed by atoms with E-state index in [4.69, 9.17) is 14.2 Å². The maximum absolute atomic E-state index is 12.9. The Labute approximate surface area is 148 Å². The Morgan fingerprint density at radius 1 is 1.23 bits per heavy atom. The molecule has 1 fully saturated rings. The summed E-state index contributed by atoms with van der Waals surface area (Å²) in [6.45, 7) is 3.21. The van der Waals surface area contributed by atoms with Gasteiger partial charge in [-0.05, 0) is 12.5 Å². The molecule has 1 saturated heterocycles. The van der Waals surface area contributed by atoms with E-state index in [-0.39, 0.29) is 12.4 Å². The summed E-state index contributed by atoms with van der Waals surface area (Å²) in [5, 5.41) is 0. The largest absolute Gasteiger partial charge is 0.466 e. The summed E-state index contributed by atoms with van der Waals surface area (Å²) in [7, 11) is 0. The van der Waals surface area contributed by atoms with Gasteiger partial charge in [-0.1, -0.05) is 30.3 Å². The van der Waals surface area contributed by atoms with Crippen LogP contribution in [0, 0.1) is 0 Å². The molecule has 0 amide bonds. The fourth-order valence-electron chi connectivity index (χ4n) is 3.44. The molecule has 2 aliphatic rings. The van der Waals surface area contributed by atoms with Gasteiger partial charge in [0.15, 0.2) is 18.4 Å². The monoisotopic (exact) mass is 358 g/mol. The Kier molecular flexibility index (Phi) is 3.91. The average Bonchev–Trinajstić information content (AvgIpc) is 3.08. The predicted octanol–water partition coefficient (Wildman–Crippen LogP) is 0.668. The lowest BCUT2D eigenvalue weighted by atomic mass is 10.1. The van der Waals surface area contributed by atoms with Gasteiger partial charge in [-0.15, -0.1) is 0 Å². The molecule has 0 bridgehead atoms. The standard InChI is InChI=1S/C18H18N2O6/c1-10-15(25-11(2)21)16-17(24-10)20-14(26-16)8-13(22)19(18(20)23)9-12-6-4-3-5-7-12/h3-8,10,15-17H,9H2,1-2H3/t10-,15-,16+,17-/m1/s1. The van der Waals surface area contributed by atoms with E-state index >= 15 is 0 Å². The summed E-state index contributed by atoms with van der Waals surface area (Å²) in [4.78, 5) is 36.6. The fraction of sp³-hybridized carbons (Fsp3) is 0.389. The summed E-state index contributed by atoms with van der Waals surface area (Å²) >= 11 is 0. The predicted molar refractivity (Wildman–Crippen MR) is 90.1 cm³/mol.